The van der Waals surface area contributed by atoms with E-state index in [4.69, 9.17) is 0 Å². The van der Waals surface area contributed by atoms with Gasteiger partial charge in [-0.1, -0.05) is 41.5 Å². The molecule has 3 rings (SSSR count). The molecule has 6 heteroatoms. The van der Waals surface area contributed by atoms with Crippen LogP contribution in [0, 0.1) is 27.7 Å². The molecule has 150 valence electrons. The lowest BCUT2D eigenvalue weighted by Crippen LogP contribution is -2.34. The molecule has 0 aliphatic heterocycles. The monoisotopic (exact) mass is 391 g/mol. The lowest BCUT2D eigenvalue weighted by Gasteiger charge is -2.17. The molecule has 2 N–H and O–H groups in total. The van der Waals surface area contributed by atoms with Gasteiger partial charge in [0.25, 0.3) is 5.91 Å². The first-order chi connectivity index (χ1) is 13.7. The predicted octanol–water partition coefficient (Wildman–Crippen LogP) is 3.72. The van der Waals surface area contributed by atoms with Crippen molar-refractivity contribution in [3.8, 4) is 0 Å². The number of aliphatic carboxylic acids is 1. The number of rotatable bonds is 6. The van der Waals surface area contributed by atoms with Crippen LogP contribution in [-0.2, 0) is 11.3 Å². The average Bonchev–Trinajstić information content (AvgIpc) is 2.95. The van der Waals surface area contributed by atoms with Crippen LogP contribution in [0.4, 0.5) is 0 Å². The van der Waals surface area contributed by atoms with Gasteiger partial charge in [-0.3, -0.25) is 9.48 Å². The number of hydrogen-bond donors (Lipinski definition) is 2. The van der Waals surface area contributed by atoms with Crippen molar-refractivity contribution in [3.05, 3.63) is 87.7 Å². The lowest BCUT2D eigenvalue weighted by atomic mass is 10.0. The van der Waals surface area contributed by atoms with E-state index in [1.807, 2.05) is 50.6 Å². The highest BCUT2D eigenvalue weighted by molar-refractivity contribution is 5.97. The van der Waals surface area contributed by atoms with Gasteiger partial charge < -0.3 is 10.4 Å². The second-order valence-electron chi connectivity index (χ2n) is 7.45. The standard InChI is InChI=1S/C23H25N3O3/c1-14-8-15(2)10-20(9-14)21(23(28)29)24-22(27)19-7-5-6-18(12-19)13-26-17(4)11-16(3)25-26/h5-12,21H,13H2,1-4H3,(H,24,27)(H,28,29). The van der Waals surface area contributed by atoms with Crippen molar-refractivity contribution in [1.29, 1.82) is 0 Å². The largest absolute Gasteiger partial charge is 0.479 e. The van der Waals surface area contributed by atoms with Crippen LogP contribution in [0.1, 0.15) is 50.0 Å². The number of aromatic nitrogens is 2. The van der Waals surface area contributed by atoms with Crippen molar-refractivity contribution >= 4 is 11.9 Å². The Bertz CT molecular complexity index is 1050. The highest BCUT2D eigenvalue weighted by atomic mass is 16.4. The molecule has 1 aromatic heterocycles. The molecular formula is C23H25N3O3. The van der Waals surface area contributed by atoms with Gasteiger partial charge in [0, 0.05) is 11.3 Å². The number of amides is 1. The van der Waals surface area contributed by atoms with E-state index in [0.29, 0.717) is 17.7 Å². The Morgan fingerprint density at radius 1 is 1.03 bits per heavy atom. The molecule has 1 heterocycles. The Balaban J connectivity index is 1.82. The molecule has 0 fully saturated rings. The number of nitrogens with zero attached hydrogens (tertiary/aromatic N) is 2. The third kappa shape index (κ3) is 4.90. The van der Waals surface area contributed by atoms with E-state index < -0.39 is 17.9 Å². The molecule has 29 heavy (non-hydrogen) atoms. The second-order valence-corrected chi connectivity index (χ2v) is 7.45. The van der Waals surface area contributed by atoms with E-state index in [2.05, 4.69) is 10.4 Å². The van der Waals surface area contributed by atoms with E-state index >= 15 is 0 Å². The lowest BCUT2D eigenvalue weighted by molar-refractivity contribution is -0.139. The van der Waals surface area contributed by atoms with Gasteiger partial charge in [0.15, 0.2) is 6.04 Å². The van der Waals surface area contributed by atoms with Crippen molar-refractivity contribution in [2.45, 2.75) is 40.3 Å². The fourth-order valence-corrected chi connectivity index (χ4v) is 3.50. The number of aryl methyl sites for hydroxylation is 4. The van der Waals surface area contributed by atoms with E-state index in [9.17, 15) is 14.7 Å². The second kappa shape index (κ2) is 8.31. The Morgan fingerprint density at radius 2 is 1.72 bits per heavy atom. The zero-order valence-corrected chi connectivity index (χ0v) is 17.1. The summed E-state index contributed by atoms with van der Waals surface area (Å²) < 4.78 is 1.88. The molecular weight excluding hydrogens is 366 g/mol. The number of benzene rings is 2. The zero-order valence-electron chi connectivity index (χ0n) is 17.1. The summed E-state index contributed by atoms with van der Waals surface area (Å²) in [6.07, 6.45) is 0. The summed E-state index contributed by atoms with van der Waals surface area (Å²) in [6.45, 7) is 8.27. The molecule has 0 saturated heterocycles. The maximum absolute atomic E-state index is 12.8. The maximum Gasteiger partial charge on any atom is 0.330 e. The molecule has 1 amide bonds. The van der Waals surface area contributed by atoms with Crippen molar-refractivity contribution in [2.24, 2.45) is 0 Å². The molecule has 0 saturated carbocycles. The van der Waals surface area contributed by atoms with E-state index in [1.165, 1.54) is 0 Å². The van der Waals surface area contributed by atoms with Crippen LogP contribution in [0.25, 0.3) is 0 Å². The predicted molar refractivity (Wildman–Crippen MR) is 111 cm³/mol. The number of carbonyl (C=O) groups excluding carboxylic acids is 1. The topological polar surface area (TPSA) is 84.2 Å². The molecule has 2 aromatic carbocycles. The summed E-state index contributed by atoms with van der Waals surface area (Å²) in [5.74, 6) is -1.52. The maximum atomic E-state index is 12.8. The summed E-state index contributed by atoms with van der Waals surface area (Å²) in [5.41, 5.74) is 5.77. The Morgan fingerprint density at radius 3 is 2.31 bits per heavy atom. The molecule has 0 radical (unpaired) electrons. The van der Waals surface area contributed by atoms with Gasteiger partial charge >= 0.3 is 5.97 Å². The normalized spacial score (nSPS) is 11.9. The third-order valence-corrected chi connectivity index (χ3v) is 4.72. The first-order valence-electron chi connectivity index (χ1n) is 9.45. The van der Waals surface area contributed by atoms with Crippen molar-refractivity contribution < 1.29 is 14.7 Å². The van der Waals surface area contributed by atoms with Gasteiger partial charge in [-0.2, -0.15) is 5.10 Å². The summed E-state index contributed by atoms with van der Waals surface area (Å²) >= 11 is 0. The molecule has 1 atom stereocenters. The molecule has 0 spiro atoms. The van der Waals surface area contributed by atoms with Gasteiger partial charge in [-0.05, 0) is 57.0 Å². The summed E-state index contributed by atoms with van der Waals surface area (Å²) in [7, 11) is 0. The first kappa shape index (κ1) is 20.3. The van der Waals surface area contributed by atoms with Gasteiger partial charge in [-0.15, -0.1) is 0 Å². The Hall–Kier alpha value is -3.41. The fourth-order valence-electron chi connectivity index (χ4n) is 3.50. The van der Waals surface area contributed by atoms with Crippen LogP contribution < -0.4 is 5.32 Å². The zero-order chi connectivity index (χ0) is 21.1. The number of hydrogen-bond acceptors (Lipinski definition) is 3. The van der Waals surface area contributed by atoms with E-state index in [0.717, 1.165) is 28.1 Å². The average molecular weight is 391 g/mol. The van der Waals surface area contributed by atoms with Crippen molar-refractivity contribution in [2.75, 3.05) is 0 Å². The summed E-state index contributed by atoms with van der Waals surface area (Å²) in [5, 5.41) is 16.8. The number of carboxylic acids is 1. The minimum Gasteiger partial charge on any atom is -0.479 e. The Kier molecular flexibility index (Phi) is 5.82. The van der Waals surface area contributed by atoms with Gasteiger partial charge in [-0.25, -0.2) is 4.79 Å². The highest BCUT2D eigenvalue weighted by Crippen LogP contribution is 2.19. The molecule has 1 unspecified atom stereocenters. The molecule has 3 aromatic rings. The molecule has 6 nitrogen and oxygen atoms in total. The fraction of sp³-hybridized carbons (Fsp3) is 0.261. The van der Waals surface area contributed by atoms with E-state index in [-0.39, 0.29) is 0 Å². The van der Waals surface area contributed by atoms with Gasteiger partial charge in [0.2, 0.25) is 0 Å². The first-order valence-corrected chi connectivity index (χ1v) is 9.45. The number of nitrogens with one attached hydrogen (secondary N) is 1. The van der Waals surface area contributed by atoms with Crippen LogP contribution in [0.2, 0.25) is 0 Å². The summed E-state index contributed by atoms with van der Waals surface area (Å²) in [6, 6.07) is 13.6. The van der Waals surface area contributed by atoms with Crippen molar-refractivity contribution in [1.82, 2.24) is 15.1 Å². The SMILES string of the molecule is Cc1cc(C)cc(C(NC(=O)c2cccc(Cn3nc(C)cc3C)c2)C(=O)O)c1. The molecule has 0 aliphatic carbocycles. The minimum absolute atomic E-state index is 0.416. The molecule has 0 aliphatic rings. The molecule has 0 bridgehead atoms. The van der Waals surface area contributed by atoms with Crippen molar-refractivity contribution in [3.63, 3.8) is 0 Å². The van der Waals surface area contributed by atoms with Crippen LogP contribution in [0.15, 0.2) is 48.5 Å². The van der Waals surface area contributed by atoms with Gasteiger partial charge in [0.1, 0.15) is 0 Å². The highest BCUT2D eigenvalue weighted by Gasteiger charge is 2.23. The smallest absolute Gasteiger partial charge is 0.330 e. The van der Waals surface area contributed by atoms with E-state index in [1.54, 1.807) is 30.3 Å². The third-order valence-electron chi connectivity index (χ3n) is 4.72. The van der Waals surface area contributed by atoms with Crippen LogP contribution in [0.3, 0.4) is 0 Å². The quantitative estimate of drug-likeness (QED) is 0.671. The van der Waals surface area contributed by atoms with Crippen LogP contribution >= 0.6 is 0 Å². The summed E-state index contributed by atoms with van der Waals surface area (Å²) in [4.78, 5) is 24.6. The number of carboxylic acid groups (broad SMARTS) is 1. The Labute approximate surface area is 170 Å². The van der Waals surface area contributed by atoms with Gasteiger partial charge in [0.05, 0.1) is 12.2 Å². The minimum atomic E-state index is -1.11. The van der Waals surface area contributed by atoms with Crippen LogP contribution in [-0.4, -0.2) is 26.8 Å². The van der Waals surface area contributed by atoms with Crippen LogP contribution in [0.5, 0.6) is 0 Å². The number of carbonyl (C=O) groups is 2.